The van der Waals surface area contributed by atoms with Crippen molar-refractivity contribution >= 4 is 11.9 Å². The molecule has 1 aromatic rings. The lowest BCUT2D eigenvalue weighted by molar-refractivity contribution is 0.101. The van der Waals surface area contributed by atoms with Crippen LogP contribution in [0.25, 0.3) is 6.08 Å². The molecular weight excluding hydrogens is 164 g/mol. The molecular formula is C10H8N2O. The summed E-state index contributed by atoms with van der Waals surface area (Å²) in [6, 6.07) is 6.98. The first kappa shape index (κ1) is 9.14. The Morgan fingerprint density at radius 2 is 2.38 bits per heavy atom. The summed E-state index contributed by atoms with van der Waals surface area (Å²) in [6.07, 6.45) is 2.89. The van der Waals surface area contributed by atoms with Crippen LogP contribution in [0.5, 0.6) is 0 Å². The van der Waals surface area contributed by atoms with Gasteiger partial charge in [-0.1, -0.05) is 6.07 Å². The Labute approximate surface area is 76.3 Å². The SMILES string of the molecule is CC(=O)c1cccc(/C=C\C#N)n1. The van der Waals surface area contributed by atoms with Crippen molar-refractivity contribution in [2.75, 3.05) is 0 Å². The van der Waals surface area contributed by atoms with Gasteiger partial charge in [0.2, 0.25) is 0 Å². The summed E-state index contributed by atoms with van der Waals surface area (Å²) in [5.74, 6) is -0.0767. The van der Waals surface area contributed by atoms with Crippen LogP contribution in [-0.4, -0.2) is 10.8 Å². The molecule has 0 spiro atoms. The maximum atomic E-state index is 10.9. The van der Waals surface area contributed by atoms with E-state index < -0.39 is 0 Å². The van der Waals surface area contributed by atoms with E-state index in [0.29, 0.717) is 11.4 Å². The monoisotopic (exact) mass is 172 g/mol. The summed E-state index contributed by atoms with van der Waals surface area (Å²) in [5.41, 5.74) is 1.04. The topological polar surface area (TPSA) is 53.8 Å². The number of allylic oxidation sites excluding steroid dienone is 1. The van der Waals surface area contributed by atoms with Gasteiger partial charge in [-0.05, 0) is 18.2 Å². The van der Waals surface area contributed by atoms with E-state index in [-0.39, 0.29) is 5.78 Å². The van der Waals surface area contributed by atoms with Crippen LogP contribution >= 0.6 is 0 Å². The van der Waals surface area contributed by atoms with E-state index in [4.69, 9.17) is 5.26 Å². The Hall–Kier alpha value is -1.95. The molecule has 0 aliphatic carbocycles. The van der Waals surface area contributed by atoms with Gasteiger partial charge in [-0.25, -0.2) is 4.98 Å². The average molecular weight is 172 g/mol. The smallest absolute Gasteiger partial charge is 0.178 e. The van der Waals surface area contributed by atoms with Crippen molar-refractivity contribution in [2.45, 2.75) is 6.92 Å². The maximum absolute atomic E-state index is 10.9. The van der Waals surface area contributed by atoms with Crippen LogP contribution in [0.4, 0.5) is 0 Å². The van der Waals surface area contributed by atoms with Crippen LogP contribution in [0.3, 0.4) is 0 Å². The molecule has 0 unspecified atom stereocenters. The first-order valence-corrected chi connectivity index (χ1v) is 3.78. The molecule has 13 heavy (non-hydrogen) atoms. The predicted octanol–water partition coefficient (Wildman–Crippen LogP) is 1.82. The number of ketones is 1. The van der Waals surface area contributed by atoms with Crippen molar-refractivity contribution in [2.24, 2.45) is 0 Å². The molecule has 3 nitrogen and oxygen atoms in total. The number of Topliss-reactive ketones (excluding diaryl/α,β-unsaturated/α-hetero) is 1. The van der Waals surface area contributed by atoms with E-state index in [1.54, 1.807) is 24.3 Å². The van der Waals surface area contributed by atoms with Crippen LogP contribution in [0.2, 0.25) is 0 Å². The third-order valence-corrected chi connectivity index (χ3v) is 1.46. The van der Waals surface area contributed by atoms with Gasteiger partial charge < -0.3 is 0 Å². The maximum Gasteiger partial charge on any atom is 0.178 e. The van der Waals surface area contributed by atoms with Gasteiger partial charge in [0.25, 0.3) is 0 Å². The summed E-state index contributed by atoms with van der Waals surface area (Å²) in [7, 11) is 0. The van der Waals surface area contributed by atoms with Gasteiger partial charge in [0.05, 0.1) is 11.8 Å². The fraction of sp³-hybridized carbons (Fsp3) is 0.100. The highest BCUT2D eigenvalue weighted by Gasteiger charge is 1.99. The van der Waals surface area contributed by atoms with Gasteiger partial charge in [0.1, 0.15) is 5.69 Å². The van der Waals surface area contributed by atoms with E-state index in [1.807, 2.05) is 6.07 Å². The minimum absolute atomic E-state index is 0.0767. The first-order valence-electron chi connectivity index (χ1n) is 3.78. The zero-order valence-electron chi connectivity index (χ0n) is 7.19. The summed E-state index contributed by atoms with van der Waals surface area (Å²) in [4.78, 5) is 14.9. The molecule has 0 amide bonds. The van der Waals surface area contributed by atoms with E-state index in [1.165, 1.54) is 13.0 Å². The van der Waals surface area contributed by atoms with Crippen molar-refractivity contribution in [3.05, 3.63) is 35.7 Å². The Kier molecular flexibility index (Phi) is 2.93. The molecule has 1 heterocycles. The number of nitriles is 1. The van der Waals surface area contributed by atoms with E-state index in [2.05, 4.69) is 4.98 Å². The Balaban J connectivity index is 3.00. The highest BCUT2D eigenvalue weighted by molar-refractivity contribution is 5.92. The number of carbonyl (C=O) groups is 1. The van der Waals surface area contributed by atoms with Gasteiger partial charge in [-0.2, -0.15) is 5.26 Å². The molecule has 0 radical (unpaired) electrons. The van der Waals surface area contributed by atoms with Crippen LogP contribution in [0.15, 0.2) is 24.3 Å². The van der Waals surface area contributed by atoms with E-state index in [0.717, 1.165) is 0 Å². The summed E-state index contributed by atoms with van der Waals surface area (Å²) in [6.45, 7) is 1.46. The number of carbonyl (C=O) groups excluding carboxylic acids is 1. The number of hydrogen-bond donors (Lipinski definition) is 0. The van der Waals surface area contributed by atoms with Gasteiger partial charge in [-0.15, -0.1) is 0 Å². The summed E-state index contributed by atoms with van der Waals surface area (Å²) < 4.78 is 0. The second-order valence-corrected chi connectivity index (χ2v) is 2.47. The lowest BCUT2D eigenvalue weighted by Crippen LogP contribution is -1.96. The van der Waals surface area contributed by atoms with Crippen molar-refractivity contribution in [1.29, 1.82) is 5.26 Å². The number of hydrogen-bond acceptors (Lipinski definition) is 3. The number of nitrogens with zero attached hydrogens (tertiary/aromatic N) is 2. The van der Waals surface area contributed by atoms with Gasteiger partial charge in [-0.3, -0.25) is 4.79 Å². The zero-order valence-corrected chi connectivity index (χ0v) is 7.19. The lowest BCUT2D eigenvalue weighted by atomic mass is 10.2. The van der Waals surface area contributed by atoms with Crippen LogP contribution in [0, 0.1) is 11.3 Å². The number of pyridine rings is 1. The lowest BCUT2D eigenvalue weighted by Gasteiger charge is -1.95. The first-order chi connectivity index (χ1) is 6.24. The molecule has 0 bridgehead atoms. The molecule has 0 aliphatic rings. The molecule has 0 saturated carbocycles. The quantitative estimate of drug-likeness (QED) is 0.505. The van der Waals surface area contributed by atoms with Gasteiger partial charge in [0.15, 0.2) is 5.78 Å². The molecule has 0 N–H and O–H groups in total. The van der Waals surface area contributed by atoms with Crippen molar-refractivity contribution in [3.63, 3.8) is 0 Å². The van der Waals surface area contributed by atoms with E-state index in [9.17, 15) is 4.79 Å². The third-order valence-electron chi connectivity index (χ3n) is 1.46. The summed E-state index contributed by atoms with van der Waals surface area (Å²) >= 11 is 0. The van der Waals surface area contributed by atoms with Crippen molar-refractivity contribution in [1.82, 2.24) is 4.98 Å². The second-order valence-electron chi connectivity index (χ2n) is 2.47. The fourth-order valence-corrected chi connectivity index (χ4v) is 0.863. The van der Waals surface area contributed by atoms with Gasteiger partial charge in [0, 0.05) is 13.0 Å². The average Bonchev–Trinajstić information content (AvgIpc) is 2.15. The van der Waals surface area contributed by atoms with Crippen LogP contribution in [-0.2, 0) is 0 Å². The minimum atomic E-state index is -0.0767. The summed E-state index contributed by atoms with van der Waals surface area (Å²) in [5, 5.41) is 8.27. The number of aromatic nitrogens is 1. The standard InChI is InChI=1S/C10H8N2O/c1-8(13)10-6-2-4-9(12-10)5-3-7-11/h2-6H,1H3/b5-3-. The minimum Gasteiger partial charge on any atom is -0.293 e. The molecule has 1 aromatic heterocycles. The Bertz CT molecular complexity index is 388. The van der Waals surface area contributed by atoms with Crippen LogP contribution in [0.1, 0.15) is 23.1 Å². The normalized spacial score (nSPS) is 9.85. The molecule has 0 saturated heterocycles. The molecule has 3 heteroatoms. The van der Waals surface area contributed by atoms with Crippen LogP contribution < -0.4 is 0 Å². The van der Waals surface area contributed by atoms with E-state index >= 15 is 0 Å². The molecule has 64 valence electrons. The third kappa shape index (κ3) is 2.53. The number of rotatable bonds is 2. The second kappa shape index (κ2) is 4.17. The molecule has 1 rings (SSSR count). The highest BCUT2D eigenvalue weighted by Crippen LogP contribution is 2.01. The van der Waals surface area contributed by atoms with Crippen molar-refractivity contribution < 1.29 is 4.79 Å². The molecule has 0 aromatic carbocycles. The van der Waals surface area contributed by atoms with Crippen molar-refractivity contribution in [3.8, 4) is 6.07 Å². The molecule has 0 atom stereocenters. The largest absolute Gasteiger partial charge is 0.293 e. The fourth-order valence-electron chi connectivity index (χ4n) is 0.863. The molecule has 0 fully saturated rings. The molecule has 0 aliphatic heterocycles. The van der Waals surface area contributed by atoms with Gasteiger partial charge >= 0.3 is 0 Å². The predicted molar refractivity (Wildman–Crippen MR) is 48.9 cm³/mol. The zero-order chi connectivity index (χ0) is 9.68. The Morgan fingerprint density at radius 3 is 3.00 bits per heavy atom. The Morgan fingerprint density at radius 1 is 1.62 bits per heavy atom. The highest BCUT2D eigenvalue weighted by atomic mass is 16.1.